The van der Waals surface area contributed by atoms with Gasteiger partial charge in [0.25, 0.3) is 0 Å². The highest BCUT2D eigenvalue weighted by Gasteiger charge is 2.27. The first-order valence-corrected chi connectivity index (χ1v) is 7.90. The van der Waals surface area contributed by atoms with E-state index >= 15 is 0 Å². The summed E-state index contributed by atoms with van der Waals surface area (Å²) in [6, 6.07) is 3.93. The van der Waals surface area contributed by atoms with Crippen molar-refractivity contribution in [2.45, 2.75) is 46.6 Å². The van der Waals surface area contributed by atoms with E-state index in [1.165, 1.54) is 19.3 Å². The van der Waals surface area contributed by atoms with Crippen LogP contribution in [0.2, 0.25) is 5.02 Å². The Morgan fingerprint density at radius 2 is 2.05 bits per heavy atom. The Kier molecular flexibility index (Phi) is 4.92. The highest BCUT2D eigenvalue weighted by atomic mass is 35.5. The summed E-state index contributed by atoms with van der Waals surface area (Å²) in [5, 5.41) is 0.665. The molecule has 112 valence electrons. The summed E-state index contributed by atoms with van der Waals surface area (Å²) in [5.41, 5.74) is 6.88. The summed E-state index contributed by atoms with van der Waals surface area (Å²) in [4.78, 5) is 6.99. The molecule has 1 saturated heterocycles. The minimum atomic E-state index is 0.394. The average Bonchev–Trinajstić information content (AvgIpc) is 2.64. The fourth-order valence-corrected chi connectivity index (χ4v) is 3.17. The van der Waals surface area contributed by atoms with Gasteiger partial charge in [-0.3, -0.25) is 0 Å². The van der Waals surface area contributed by atoms with Gasteiger partial charge in [-0.1, -0.05) is 32.4 Å². The second kappa shape index (κ2) is 6.31. The molecule has 1 fully saturated rings. The molecule has 0 saturated carbocycles. The number of rotatable bonds is 2. The first-order chi connectivity index (χ1) is 9.41. The van der Waals surface area contributed by atoms with Crippen LogP contribution in [0.1, 0.15) is 45.7 Å². The third-order valence-corrected chi connectivity index (χ3v) is 4.72. The number of aromatic nitrogens is 1. The zero-order chi connectivity index (χ0) is 14.8. The van der Waals surface area contributed by atoms with Crippen LogP contribution in [0, 0.1) is 11.3 Å². The quantitative estimate of drug-likeness (QED) is 0.901. The SMILES string of the molecule is CC(C)(C)C1CCCN(c2ccc(Cl)c(CN)n2)CC1. The van der Waals surface area contributed by atoms with E-state index in [9.17, 15) is 0 Å². The summed E-state index contributed by atoms with van der Waals surface area (Å²) in [7, 11) is 0. The van der Waals surface area contributed by atoms with Crippen molar-refractivity contribution < 1.29 is 0 Å². The maximum atomic E-state index is 6.09. The van der Waals surface area contributed by atoms with Crippen LogP contribution in [0.3, 0.4) is 0 Å². The van der Waals surface area contributed by atoms with Crippen LogP contribution in [-0.4, -0.2) is 18.1 Å². The predicted molar refractivity (Wildman–Crippen MR) is 86.1 cm³/mol. The number of nitrogens with two attached hydrogens (primary N) is 1. The molecule has 0 aliphatic carbocycles. The van der Waals surface area contributed by atoms with Gasteiger partial charge in [-0.05, 0) is 42.7 Å². The predicted octanol–water partition coefficient (Wildman–Crippen LogP) is 3.85. The van der Waals surface area contributed by atoms with E-state index in [0.29, 0.717) is 17.0 Å². The molecule has 1 atom stereocenters. The van der Waals surface area contributed by atoms with Crippen LogP contribution < -0.4 is 10.6 Å². The van der Waals surface area contributed by atoms with Crippen molar-refractivity contribution in [3.8, 4) is 0 Å². The van der Waals surface area contributed by atoms with Crippen molar-refractivity contribution in [3.05, 3.63) is 22.8 Å². The van der Waals surface area contributed by atoms with Crippen LogP contribution in [0.25, 0.3) is 0 Å². The van der Waals surface area contributed by atoms with E-state index in [4.69, 9.17) is 17.3 Å². The normalized spacial score (nSPS) is 20.9. The number of pyridine rings is 1. The molecular formula is C16H26ClN3. The van der Waals surface area contributed by atoms with Crippen molar-refractivity contribution in [3.63, 3.8) is 0 Å². The lowest BCUT2D eigenvalue weighted by atomic mass is 9.77. The number of hydrogen-bond donors (Lipinski definition) is 1. The van der Waals surface area contributed by atoms with Crippen LogP contribution in [0.4, 0.5) is 5.82 Å². The van der Waals surface area contributed by atoms with E-state index in [1.54, 1.807) is 0 Å². The van der Waals surface area contributed by atoms with Gasteiger partial charge in [-0.15, -0.1) is 0 Å². The Bertz CT molecular complexity index is 454. The molecule has 0 bridgehead atoms. The molecule has 2 N–H and O–H groups in total. The van der Waals surface area contributed by atoms with Gasteiger partial charge in [0.05, 0.1) is 10.7 Å². The minimum absolute atomic E-state index is 0.394. The average molecular weight is 296 g/mol. The molecule has 1 unspecified atom stereocenters. The second-order valence-corrected chi connectivity index (χ2v) is 7.19. The molecule has 1 aliphatic heterocycles. The minimum Gasteiger partial charge on any atom is -0.357 e. The standard InChI is InChI=1S/C16H26ClN3/c1-16(2,3)12-5-4-9-20(10-8-12)15-7-6-13(17)14(11-18)19-15/h6-7,12H,4-5,8-11,18H2,1-3H3. The second-order valence-electron chi connectivity index (χ2n) is 6.78. The summed E-state index contributed by atoms with van der Waals surface area (Å²) >= 11 is 6.09. The Balaban J connectivity index is 2.11. The first kappa shape index (κ1) is 15.6. The monoisotopic (exact) mass is 295 g/mol. The Morgan fingerprint density at radius 1 is 1.30 bits per heavy atom. The van der Waals surface area contributed by atoms with Crippen molar-refractivity contribution >= 4 is 17.4 Å². The van der Waals surface area contributed by atoms with Crippen LogP contribution >= 0.6 is 11.6 Å². The fourth-order valence-electron chi connectivity index (χ4n) is 2.98. The zero-order valence-corrected chi connectivity index (χ0v) is 13.6. The van der Waals surface area contributed by atoms with Gasteiger partial charge in [-0.2, -0.15) is 0 Å². The van der Waals surface area contributed by atoms with E-state index < -0.39 is 0 Å². The number of hydrogen-bond acceptors (Lipinski definition) is 3. The van der Waals surface area contributed by atoms with Gasteiger partial charge in [-0.25, -0.2) is 4.98 Å². The van der Waals surface area contributed by atoms with Gasteiger partial charge < -0.3 is 10.6 Å². The van der Waals surface area contributed by atoms with E-state index in [0.717, 1.165) is 30.5 Å². The molecule has 4 heteroatoms. The molecule has 0 aromatic carbocycles. The highest BCUT2D eigenvalue weighted by Crippen LogP contribution is 2.35. The number of anilines is 1. The molecule has 0 radical (unpaired) electrons. The van der Waals surface area contributed by atoms with Crippen LogP contribution in [-0.2, 0) is 6.54 Å². The van der Waals surface area contributed by atoms with Crippen LogP contribution in [0.15, 0.2) is 12.1 Å². The third-order valence-electron chi connectivity index (χ3n) is 4.37. The maximum absolute atomic E-state index is 6.09. The molecule has 0 spiro atoms. The van der Waals surface area contributed by atoms with E-state index in [-0.39, 0.29) is 0 Å². The largest absolute Gasteiger partial charge is 0.357 e. The molecule has 1 aromatic rings. The molecule has 2 rings (SSSR count). The van der Waals surface area contributed by atoms with Gasteiger partial charge in [0.15, 0.2) is 0 Å². The van der Waals surface area contributed by atoms with E-state index in [1.807, 2.05) is 12.1 Å². The van der Waals surface area contributed by atoms with Gasteiger partial charge in [0.2, 0.25) is 0 Å². The summed E-state index contributed by atoms with van der Waals surface area (Å²) < 4.78 is 0. The topological polar surface area (TPSA) is 42.1 Å². The smallest absolute Gasteiger partial charge is 0.128 e. The Morgan fingerprint density at radius 3 is 2.70 bits per heavy atom. The highest BCUT2D eigenvalue weighted by molar-refractivity contribution is 6.31. The number of halogens is 1. The Labute approximate surface area is 127 Å². The lowest BCUT2D eigenvalue weighted by molar-refractivity contribution is 0.220. The molecule has 20 heavy (non-hydrogen) atoms. The lowest BCUT2D eigenvalue weighted by Crippen LogP contribution is -2.27. The van der Waals surface area contributed by atoms with Gasteiger partial charge in [0, 0.05) is 19.6 Å². The van der Waals surface area contributed by atoms with Crippen molar-refractivity contribution in [1.82, 2.24) is 4.98 Å². The maximum Gasteiger partial charge on any atom is 0.128 e. The van der Waals surface area contributed by atoms with Gasteiger partial charge in [0.1, 0.15) is 5.82 Å². The first-order valence-electron chi connectivity index (χ1n) is 7.52. The number of nitrogens with zero attached hydrogens (tertiary/aromatic N) is 2. The van der Waals surface area contributed by atoms with Gasteiger partial charge >= 0.3 is 0 Å². The summed E-state index contributed by atoms with van der Waals surface area (Å²) in [6.45, 7) is 9.58. The summed E-state index contributed by atoms with van der Waals surface area (Å²) in [5.74, 6) is 1.80. The van der Waals surface area contributed by atoms with Crippen molar-refractivity contribution in [1.29, 1.82) is 0 Å². The fraction of sp³-hybridized carbons (Fsp3) is 0.688. The van der Waals surface area contributed by atoms with Crippen LogP contribution in [0.5, 0.6) is 0 Å². The molecule has 2 heterocycles. The Hall–Kier alpha value is -0.800. The molecule has 1 aliphatic rings. The van der Waals surface area contributed by atoms with E-state index in [2.05, 4.69) is 30.7 Å². The lowest BCUT2D eigenvalue weighted by Gasteiger charge is -2.30. The molecule has 0 amide bonds. The molecule has 1 aromatic heterocycles. The third kappa shape index (κ3) is 3.64. The molecule has 3 nitrogen and oxygen atoms in total. The summed E-state index contributed by atoms with van der Waals surface area (Å²) in [6.07, 6.45) is 3.76. The van der Waals surface area contributed by atoms with Crippen molar-refractivity contribution in [2.75, 3.05) is 18.0 Å². The zero-order valence-electron chi connectivity index (χ0n) is 12.8. The molecular weight excluding hydrogens is 270 g/mol. The van der Waals surface area contributed by atoms with Crippen molar-refractivity contribution in [2.24, 2.45) is 17.1 Å².